The van der Waals surface area contributed by atoms with Gasteiger partial charge in [0.25, 0.3) is 0 Å². The average Bonchev–Trinajstić information content (AvgIpc) is 2.74. The SMILES string of the molecule is CCCCCCCCCCCCCCCCCCCCn1cc(F)c(=N)n(C)c1=O. The van der Waals surface area contributed by atoms with Gasteiger partial charge in [-0.1, -0.05) is 116 Å². The van der Waals surface area contributed by atoms with Crippen molar-refractivity contribution in [3.63, 3.8) is 0 Å². The highest BCUT2D eigenvalue weighted by Crippen LogP contribution is 2.14. The molecule has 0 spiro atoms. The molecule has 5 heteroatoms. The molecule has 0 bridgehead atoms. The molecule has 0 saturated heterocycles. The van der Waals surface area contributed by atoms with E-state index in [4.69, 9.17) is 5.41 Å². The molecule has 0 saturated carbocycles. The summed E-state index contributed by atoms with van der Waals surface area (Å²) in [5.74, 6) is -0.639. The molecule has 0 amide bonds. The van der Waals surface area contributed by atoms with Gasteiger partial charge >= 0.3 is 5.69 Å². The monoisotopic (exact) mass is 423 g/mol. The van der Waals surface area contributed by atoms with Crippen LogP contribution in [-0.4, -0.2) is 9.13 Å². The first-order valence-electron chi connectivity index (χ1n) is 12.6. The minimum atomic E-state index is -0.639. The van der Waals surface area contributed by atoms with E-state index >= 15 is 0 Å². The fraction of sp³-hybridized carbons (Fsp3) is 0.840. The zero-order chi connectivity index (χ0) is 22.0. The van der Waals surface area contributed by atoms with E-state index < -0.39 is 5.82 Å². The van der Waals surface area contributed by atoms with Gasteiger partial charge in [-0.2, -0.15) is 0 Å². The molecule has 0 unspecified atom stereocenters. The van der Waals surface area contributed by atoms with Crippen molar-refractivity contribution >= 4 is 0 Å². The van der Waals surface area contributed by atoms with Gasteiger partial charge < -0.3 is 0 Å². The molecule has 0 aliphatic carbocycles. The van der Waals surface area contributed by atoms with Crippen LogP contribution in [0.25, 0.3) is 0 Å². The van der Waals surface area contributed by atoms with Crippen LogP contribution in [0.15, 0.2) is 11.0 Å². The highest BCUT2D eigenvalue weighted by atomic mass is 19.1. The van der Waals surface area contributed by atoms with E-state index in [2.05, 4.69) is 6.92 Å². The third-order valence-corrected chi connectivity index (χ3v) is 6.12. The molecule has 0 fully saturated rings. The lowest BCUT2D eigenvalue weighted by molar-refractivity contribution is 0.480. The minimum Gasteiger partial charge on any atom is -0.298 e. The number of aryl methyl sites for hydroxylation is 1. The topological polar surface area (TPSA) is 50.8 Å². The maximum Gasteiger partial charge on any atom is 0.329 e. The highest BCUT2D eigenvalue weighted by molar-refractivity contribution is 4.87. The van der Waals surface area contributed by atoms with Crippen molar-refractivity contribution in [3.8, 4) is 0 Å². The maximum absolute atomic E-state index is 13.6. The summed E-state index contributed by atoms with van der Waals surface area (Å²) >= 11 is 0. The largest absolute Gasteiger partial charge is 0.329 e. The van der Waals surface area contributed by atoms with Crippen LogP contribution >= 0.6 is 0 Å². The predicted octanol–water partition coefficient (Wildman–Crippen LogP) is 6.85. The molecule has 174 valence electrons. The van der Waals surface area contributed by atoms with Crippen molar-refractivity contribution in [3.05, 3.63) is 28.0 Å². The number of hydrogen-bond acceptors (Lipinski definition) is 2. The Morgan fingerprint density at radius 3 is 1.50 bits per heavy atom. The zero-order valence-electron chi connectivity index (χ0n) is 19.7. The average molecular weight is 424 g/mol. The first-order chi connectivity index (χ1) is 14.6. The van der Waals surface area contributed by atoms with Crippen molar-refractivity contribution < 1.29 is 4.39 Å². The van der Waals surface area contributed by atoms with E-state index in [9.17, 15) is 9.18 Å². The molecular weight excluding hydrogens is 377 g/mol. The summed E-state index contributed by atoms with van der Waals surface area (Å²) in [4.78, 5) is 12.0. The molecule has 30 heavy (non-hydrogen) atoms. The lowest BCUT2D eigenvalue weighted by Crippen LogP contribution is -2.39. The third kappa shape index (κ3) is 11.7. The van der Waals surface area contributed by atoms with Crippen LogP contribution in [0.2, 0.25) is 0 Å². The lowest BCUT2D eigenvalue weighted by Gasteiger charge is -2.08. The van der Waals surface area contributed by atoms with E-state index in [1.807, 2.05) is 0 Å². The van der Waals surface area contributed by atoms with Crippen LogP contribution in [0.4, 0.5) is 4.39 Å². The summed E-state index contributed by atoms with van der Waals surface area (Å²) in [6, 6.07) is 0. The Hall–Kier alpha value is -1.39. The molecule has 0 radical (unpaired) electrons. The maximum atomic E-state index is 13.6. The van der Waals surface area contributed by atoms with Crippen LogP contribution in [0.5, 0.6) is 0 Å². The molecule has 4 nitrogen and oxygen atoms in total. The quantitative estimate of drug-likeness (QED) is 0.243. The normalized spacial score (nSPS) is 11.3. The van der Waals surface area contributed by atoms with Crippen molar-refractivity contribution in [2.24, 2.45) is 7.05 Å². The van der Waals surface area contributed by atoms with Gasteiger partial charge in [0, 0.05) is 19.8 Å². The Bertz CT molecular complexity index is 665. The number of halogens is 1. The fourth-order valence-corrected chi connectivity index (χ4v) is 4.05. The summed E-state index contributed by atoms with van der Waals surface area (Å²) in [6.45, 7) is 2.81. The second kappa shape index (κ2) is 17.3. The molecule has 1 N–H and O–H groups in total. The molecule has 1 rings (SSSR count). The van der Waals surface area contributed by atoms with Crippen LogP contribution in [0, 0.1) is 11.2 Å². The van der Waals surface area contributed by atoms with E-state index in [0.717, 1.165) is 23.6 Å². The van der Waals surface area contributed by atoms with E-state index in [0.29, 0.717) is 6.54 Å². The number of nitrogens with zero attached hydrogens (tertiary/aromatic N) is 2. The number of nitrogens with one attached hydrogen (secondary N) is 1. The third-order valence-electron chi connectivity index (χ3n) is 6.12. The zero-order valence-corrected chi connectivity index (χ0v) is 19.7. The van der Waals surface area contributed by atoms with Gasteiger partial charge in [0.1, 0.15) is 0 Å². The summed E-state index contributed by atoms with van der Waals surface area (Å²) < 4.78 is 16.0. The van der Waals surface area contributed by atoms with E-state index in [1.54, 1.807) is 0 Å². The van der Waals surface area contributed by atoms with Crippen molar-refractivity contribution in [2.45, 2.75) is 129 Å². The van der Waals surface area contributed by atoms with Crippen LogP contribution < -0.4 is 11.2 Å². The second-order valence-corrected chi connectivity index (χ2v) is 8.87. The van der Waals surface area contributed by atoms with Crippen molar-refractivity contribution in [1.82, 2.24) is 9.13 Å². The summed E-state index contributed by atoms with van der Waals surface area (Å²) in [5, 5.41) is 7.47. The van der Waals surface area contributed by atoms with Gasteiger partial charge in [0.05, 0.1) is 0 Å². The van der Waals surface area contributed by atoms with Crippen molar-refractivity contribution in [2.75, 3.05) is 0 Å². The molecule has 0 aliphatic heterocycles. The lowest BCUT2D eigenvalue weighted by atomic mass is 10.0. The van der Waals surface area contributed by atoms with Gasteiger partial charge in [-0.3, -0.25) is 14.5 Å². The summed E-state index contributed by atoms with van der Waals surface area (Å²) in [5.41, 5.74) is -0.664. The summed E-state index contributed by atoms with van der Waals surface area (Å²) in [7, 11) is 1.44. The van der Waals surface area contributed by atoms with Crippen LogP contribution in [0.1, 0.15) is 122 Å². The van der Waals surface area contributed by atoms with Gasteiger partial charge in [0.2, 0.25) is 0 Å². The van der Waals surface area contributed by atoms with Crippen LogP contribution in [0.3, 0.4) is 0 Å². The first kappa shape index (κ1) is 26.6. The van der Waals surface area contributed by atoms with Gasteiger partial charge in [0.15, 0.2) is 11.3 Å². The predicted molar refractivity (Wildman–Crippen MR) is 124 cm³/mol. The smallest absolute Gasteiger partial charge is 0.298 e. The Balaban J connectivity index is 1.87. The molecule has 1 aromatic rings. The van der Waals surface area contributed by atoms with Crippen molar-refractivity contribution in [1.29, 1.82) is 5.41 Å². The number of aromatic nitrogens is 2. The van der Waals surface area contributed by atoms with E-state index in [-0.39, 0.29) is 11.2 Å². The van der Waals surface area contributed by atoms with Gasteiger partial charge in [-0.25, -0.2) is 9.18 Å². The Morgan fingerprint density at radius 2 is 1.10 bits per heavy atom. The summed E-state index contributed by atoms with van der Waals surface area (Å²) in [6.07, 6.45) is 25.1. The van der Waals surface area contributed by atoms with Gasteiger partial charge in [-0.05, 0) is 6.42 Å². The number of rotatable bonds is 19. The molecule has 0 aromatic carbocycles. The molecular formula is C25H46FN3O. The first-order valence-corrected chi connectivity index (χ1v) is 12.6. The fourth-order valence-electron chi connectivity index (χ4n) is 4.05. The number of hydrogen-bond donors (Lipinski definition) is 1. The second-order valence-electron chi connectivity index (χ2n) is 8.87. The minimum absolute atomic E-state index is 0.312. The number of unbranched alkanes of at least 4 members (excludes halogenated alkanes) is 17. The van der Waals surface area contributed by atoms with Crippen LogP contribution in [-0.2, 0) is 13.6 Å². The standard InChI is InChI=1S/C25H46FN3O/c1-3-4-5-6-7-8-9-10-11-12-13-14-15-16-17-18-19-20-21-29-22-23(26)24(27)28(2)25(29)30/h22,27H,3-21H2,1-2H3. The molecule has 1 heterocycles. The Labute approximate surface area is 183 Å². The highest BCUT2D eigenvalue weighted by Gasteiger charge is 2.05. The van der Waals surface area contributed by atoms with Gasteiger partial charge in [-0.15, -0.1) is 0 Å². The molecule has 1 aromatic heterocycles. The Kier molecular flexibility index (Phi) is 15.4. The molecule has 0 atom stereocenters. The Morgan fingerprint density at radius 1 is 0.733 bits per heavy atom. The van der Waals surface area contributed by atoms with E-state index in [1.165, 1.54) is 114 Å². The molecule has 0 aliphatic rings.